The van der Waals surface area contributed by atoms with E-state index in [1.54, 1.807) is 12.1 Å². The molecule has 0 aromatic heterocycles. The van der Waals surface area contributed by atoms with Crippen molar-refractivity contribution in [2.24, 2.45) is 5.41 Å². The summed E-state index contributed by atoms with van der Waals surface area (Å²) in [6.07, 6.45) is -0.0946. The number of amides is 1. The number of anilines is 1. The van der Waals surface area contributed by atoms with E-state index in [2.05, 4.69) is 5.32 Å². The molecule has 0 radical (unpaired) electrons. The van der Waals surface area contributed by atoms with E-state index in [0.29, 0.717) is 5.56 Å². The van der Waals surface area contributed by atoms with E-state index in [0.717, 1.165) is 5.69 Å². The van der Waals surface area contributed by atoms with Crippen molar-refractivity contribution < 1.29 is 14.7 Å². The molecule has 2 N–H and O–H groups in total. The molecule has 1 aromatic rings. The summed E-state index contributed by atoms with van der Waals surface area (Å²) in [5.41, 5.74) is 1.13. The van der Waals surface area contributed by atoms with Crippen LogP contribution in [0.3, 0.4) is 0 Å². The van der Waals surface area contributed by atoms with E-state index in [1.165, 1.54) is 0 Å². The second-order valence-corrected chi connectivity index (χ2v) is 6.43. The molecule has 1 rings (SSSR count). The van der Waals surface area contributed by atoms with Crippen molar-refractivity contribution in [1.29, 1.82) is 0 Å². The first-order valence-electron chi connectivity index (χ1n) is 6.91. The van der Waals surface area contributed by atoms with Gasteiger partial charge in [0.25, 0.3) is 5.91 Å². The van der Waals surface area contributed by atoms with Gasteiger partial charge in [-0.3, -0.25) is 9.59 Å². The van der Waals surface area contributed by atoms with Gasteiger partial charge in [-0.05, 0) is 23.6 Å². The van der Waals surface area contributed by atoms with Crippen LogP contribution in [0.5, 0.6) is 0 Å². The molecule has 0 aliphatic heterocycles. The molecule has 0 aliphatic carbocycles. The first-order chi connectivity index (χ1) is 9.61. The number of carboxylic acids is 1. The third kappa shape index (κ3) is 5.10. The summed E-state index contributed by atoms with van der Waals surface area (Å²) in [5.74, 6) is -1.17. The van der Waals surface area contributed by atoms with Gasteiger partial charge in [0, 0.05) is 31.4 Å². The normalized spacial score (nSPS) is 12.6. The summed E-state index contributed by atoms with van der Waals surface area (Å²) in [6.45, 7) is 5.74. The molecule has 5 heteroatoms. The van der Waals surface area contributed by atoms with Crippen LogP contribution < -0.4 is 10.2 Å². The van der Waals surface area contributed by atoms with E-state index in [4.69, 9.17) is 5.11 Å². The van der Waals surface area contributed by atoms with E-state index in [1.807, 2.05) is 51.9 Å². The maximum atomic E-state index is 12.3. The standard InChI is InChI=1S/C16H24N2O3/c1-16(2,3)13(10-14(19)20)17-15(21)11-7-6-8-12(9-11)18(4)5/h6-9,13H,10H2,1-5H3,(H,17,21)(H,19,20). The molecular formula is C16H24N2O3. The first-order valence-corrected chi connectivity index (χ1v) is 6.91. The molecule has 0 spiro atoms. The van der Waals surface area contributed by atoms with Gasteiger partial charge in [0.05, 0.1) is 6.42 Å². The Kier molecular flexibility index (Phi) is 5.35. The summed E-state index contributed by atoms with van der Waals surface area (Å²) >= 11 is 0. The number of carbonyl (C=O) groups is 2. The number of nitrogens with zero attached hydrogens (tertiary/aromatic N) is 1. The van der Waals surface area contributed by atoms with Gasteiger partial charge < -0.3 is 15.3 Å². The molecule has 0 saturated heterocycles. The molecule has 21 heavy (non-hydrogen) atoms. The van der Waals surface area contributed by atoms with Crippen molar-refractivity contribution in [1.82, 2.24) is 5.32 Å². The molecular weight excluding hydrogens is 268 g/mol. The average Bonchev–Trinajstić information content (AvgIpc) is 2.36. The lowest BCUT2D eigenvalue weighted by Gasteiger charge is -2.30. The molecule has 0 fully saturated rings. The maximum absolute atomic E-state index is 12.3. The predicted molar refractivity (Wildman–Crippen MR) is 83.7 cm³/mol. The summed E-state index contributed by atoms with van der Waals surface area (Å²) in [7, 11) is 3.80. The molecule has 1 atom stereocenters. The lowest BCUT2D eigenvalue weighted by Crippen LogP contribution is -2.45. The maximum Gasteiger partial charge on any atom is 0.305 e. The van der Waals surface area contributed by atoms with Crippen LogP contribution in [-0.2, 0) is 4.79 Å². The molecule has 1 amide bonds. The van der Waals surface area contributed by atoms with E-state index in [9.17, 15) is 9.59 Å². The van der Waals surface area contributed by atoms with Gasteiger partial charge in [-0.15, -0.1) is 0 Å². The Morgan fingerprint density at radius 2 is 1.90 bits per heavy atom. The van der Waals surface area contributed by atoms with Gasteiger partial charge in [0.15, 0.2) is 0 Å². The van der Waals surface area contributed by atoms with Gasteiger partial charge in [0.1, 0.15) is 0 Å². The van der Waals surface area contributed by atoms with Gasteiger partial charge in [-0.25, -0.2) is 0 Å². The molecule has 0 saturated carbocycles. The minimum Gasteiger partial charge on any atom is -0.481 e. The van der Waals surface area contributed by atoms with Crippen molar-refractivity contribution in [3.8, 4) is 0 Å². The van der Waals surface area contributed by atoms with Crippen LogP contribution in [0.1, 0.15) is 37.6 Å². The Labute approximate surface area is 126 Å². The van der Waals surface area contributed by atoms with Crippen LogP contribution in [0.15, 0.2) is 24.3 Å². The highest BCUT2D eigenvalue weighted by Crippen LogP contribution is 2.22. The topological polar surface area (TPSA) is 69.6 Å². The smallest absolute Gasteiger partial charge is 0.305 e. The zero-order chi connectivity index (χ0) is 16.2. The minimum atomic E-state index is -0.919. The molecule has 0 heterocycles. The Morgan fingerprint density at radius 1 is 1.29 bits per heavy atom. The SMILES string of the molecule is CN(C)c1cccc(C(=O)NC(CC(=O)O)C(C)(C)C)c1. The lowest BCUT2D eigenvalue weighted by molar-refractivity contribution is -0.138. The van der Waals surface area contributed by atoms with Gasteiger partial charge in [-0.1, -0.05) is 26.8 Å². The zero-order valence-corrected chi connectivity index (χ0v) is 13.3. The van der Waals surface area contributed by atoms with Crippen molar-refractivity contribution in [2.75, 3.05) is 19.0 Å². The van der Waals surface area contributed by atoms with Crippen molar-refractivity contribution in [3.05, 3.63) is 29.8 Å². The molecule has 1 unspecified atom stereocenters. The molecule has 0 aliphatic rings. The summed E-state index contributed by atoms with van der Waals surface area (Å²) < 4.78 is 0. The van der Waals surface area contributed by atoms with Crippen LogP contribution in [-0.4, -0.2) is 37.1 Å². The largest absolute Gasteiger partial charge is 0.481 e. The molecule has 0 bridgehead atoms. The highest BCUT2D eigenvalue weighted by Gasteiger charge is 2.28. The Bertz CT molecular complexity index is 518. The van der Waals surface area contributed by atoms with Gasteiger partial charge >= 0.3 is 5.97 Å². The number of hydrogen-bond donors (Lipinski definition) is 2. The number of carboxylic acid groups (broad SMARTS) is 1. The highest BCUT2D eigenvalue weighted by molar-refractivity contribution is 5.95. The zero-order valence-electron chi connectivity index (χ0n) is 13.3. The fourth-order valence-electron chi connectivity index (χ4n) is 1.92. The lowest BCUT2D eigenvalue weighted by atomic mass is 9.84. The van der Waals surface area contributed by atoms with E-state index < -0.39 is 12.0 Å². The number of nitrogens with one attached hydrogen (secondary N) is 1. The number of benzene rings is 1. The van der Waals surface area contributed by atoms with Gasteiger partial charge in [-0.2, -0.15) is 0 Å². The van der Waals surface area contributed by atoms with Crippen LogP contribution in [0.2, 0.25) is 0 Å². The van der Waals surface area contributed by atoms with Crippen LogP contribution in [0, 0.1) is 5.41 Å². The second kappa shape index (κ2) is 6.61. The number of carbonyl (C=O) groups excluding carboxylic acids is 1. The number of hydrogen-bond acceptors (Lipinski definition) is 3. The van der Waals surface area contributed by atoms with Gasteiger partial charge in [0.2, 0.25) is 0 Å². The fraction of sp³-hybridized carbons (Fsp3) is 0.500. The number of rotatable bonds is 5. The Balaban J connectivity index is 2.91. The van der Waals surface area contributed by atoms with Crippen molar-refractivity contribution in [2.45, 2.75) is 33.2 Å². The predicted octanol–water partition coefficient (Wildman–Crippen LogP) is 2.37. The summed E-state index contributed by atoms with van der Waals surface area (Å²) in [5, 5.41) is 11.8. The van der Waals surface area contributed by atoms with Crippen molar-refractivity contribution in [3.63, 3.8) is 0 Å². The quantitative estimate of drug-likeness (QED) is 0.874. The van der Waals surface area contributed by atoms with Crippen molar-refractivity contribution >= 4 is 17.6 Å². The fourth-order valence-corrected chi connectivity index (χ4v) is 1.92. The molecule has 5 nitrogen and oxygen atoms in total. The minimum absolute atomic E-state index is 0.0946. The first kappa shape index (κ1) is 17.0. The highest BCUT2D eigenvalue weighted by atomic mass is 16.4. The summed E-state index contributed by atoms with van der Waals surface area (Å²) in [4.78, 5) is 25.2. The van der Waals surface area contributed by atoms with Crippen LogP contribution in [0.4, 0.5) is 5.69 Å². The average molecular weight is 292 g/mol. The second-order valence-electron chi connectivity index (χ2n) is 6.43. The number of aliphatic carboxylic acids is 1. The third-order valence-corrected chi connectivity index (χ3v) is 3.35. The van der Waals surface area contributed by atoms with E-state index in [-0.39, 0.29) is 17.7 Å². The Morgan fingerprint density at radius 3 is 2.38 bits per heavy atom. The monoisotopic (exact) mass is 292 g/mol. The van der Waals surface area contributed by atoms with E-state index >= 15 is 0 Å². The third-order valence-electron chi connectivity index (χ3n) is 3.35. The Hall–Kier alpha value is -2.04. The van der Waals surface area contributed by atoms with Crippen LogP contribution in [0.25, 0.3) is 0 Å². The summed E-state index contributed by atoms with van der Waals surface area (Å²) in [6, 6.07) is 6.81. The molecule has 1 aromatic carbocycles. The van der Waals surface area contributed by atoms with Crippen LogP contribution >= 0.6 is 0 Å². The molecule has 116 valence electrons.